The number of nitrogens with zero attached hydrogens (tertiary/aromatic N) is 2. The third-order valence-electron chi connectivity index (χ3n) is 3.78. The van der Waals surface area contributed by atoms with Gasteiger partial charge in [-0.1, -0.05) is 23.7 Å². The van der Waals surface area contributed by atoms with Gasteiger partial charge in [-0.2, -0.15) is 0 Å². The van der Waals surface area contributed by atoms with Gasteiger partial charge in [0.2, 0.25) is 5.91 Å². The van der Waals surface area contributed by atoms with Gasteiger partial charge in [-0.3, -0.25) is 9.69 Å². The van der Waals surface area contributed by atoms with Gasteiger partial charge in [0.1, 0.15) is 0 Å². The lowest BCUT2D eigenvalue weighted by molar-refractivity contribution is -0.119. The monoisotopic (exact) mass is 295 g/mol. The SMILES string of the molecule is CC(=O)NCC(c1ccc(Cl)cc1)N1CCN(C)CC1. The molecule has 4 nitrogen and oxygen atoms in total. The molecule has 2 rings (SSSR count). The second-order valence-corrected chi connectivity index (χ2v) is 5.78. The van der Waals surface area contributed by atoms with E-state index in [0.29, 0.717) is 6.54 Å². The molecule has 1 unspecified atom stereocenters. The van der Waals surface area contributed by atoms with Crippen LogP contribution in [0.1, 0.15) is 18.5 Å². The van der Waals surface area contributed by atoms with Crippen molar-refractivity contribution in [2.24, 2.45) is 0 Å². The first-order valence-corrected chi connectivity index (χ1v) is 7.36. The van der Waals surface area contributed by atoms with Gasteiger partial charge >= 0.3 is 0 Å². The second kappa shape index (κ2) is 7.07. The number of likely N-dealkylation sites (N-methyl/N-ethyl adjacent to an activating group) is 1. The molecule has 1 heterocycles. The highest BCUT2D eigenvalue weighted by molar-refractivity contribution is 6.30. The Morgan fingerprint density at radius 1 is 1.25 bits per heavy atom. The van der Waals surface area contributed by atoms with Gasteiger partial charge in [-0.05, 0) is 24.7 Å². The quantitative estimate of drug-likeness (QED) is 0.919. The molecule has 0 radical (unpaired) electrons. The molecule has 5 heteroatoms. The topological polar surface area (TPSA) is 35.6 Å². The summed E-state index contributed by atoms with van der Waals surface area (Å²) in [5, 5.41) is 3.68. The summed E-state index contributed by atoms with van der Waals surface area (Å²) in [5.41, 5.74) is 1.20. The number of rotatable bonds is 4. The summed E-state index contributed by atoms with van der Waals surface area (Å²) in [6, 6.07) is 8.13. The molecule has 0 bridgehead atoms. The average Bonchev–Trinajstić information content (AvgIpc) is 2.42. The predicted octanol–water partition coefficient (Wildman–Crippen LogP) is 1.76. The predicted molar refractivity (Wildman–Crippen MR) is 81.9 cm³/mol. The molecular weight excluding hydrogens is 274 g/mol. The molecule has 0 spiro atoms. The van der Waals surface area contributed by atoms with Crippen LogP contribution in [-0.4, -0.2) is 55.5 Å². The Morgan fingerprint density at radius 3 is 2.40 bits per heavy atom. The van der Waals surface area contributed by atoms with Crippen LogP contribution in [0.5, 0.6) is 0 Å². The van der Waals surface area contributed by atoms with Gasteiger partial charge in [0.25, 0.3) is 0 Å². The number of hydrogen-bond donors (Lipinski definition) is 1. The summed E-state index contributed by atoms with van der Waals surface area (Å²) >= 11 is 5.96. The third-order valence-corrected chi connectivity index (χ3v) is 4.03. The first-order chi connectivity index (χ1) is 9.56. The minimum atomic E-state index is 0.0121. The maximum Gasteiger partial charge on any atom is 0.216 e. The Labute approximate surface area is 125 Å². The van der Waals surface area contributed by atoms with Crippen LogP contribution in [0.15, 0.2) is 24.3 Å². The van der Waals surface area contributed by atoms with E-state index in [1.165, 1.54) is 5.56 Å². The standard InChI is InChI=1S/C15H22ClN3O/c1-12(20)17-11-15(13-3-5-14(16)6-4-13)19-9-7-18(2)8-10-19/h3-6,15H,7-11H2,1-2H3,(H,17,20). The number of halogens is 1. The van der Waals surface area contributed by atoms with Crippen molar-refractivity contribution in [2.75, 3.05) is 39.8 Å². The molecule has 110 valence electrons. The Hall–Kier alpha value is -1.10. The summed E-state index contributed by atoms with van der Waals surface area (Å²) in [6.07, 6.45) is 0. The zero-order chi connectivity index (χ0) is 14.5. The van der Waals surface area contributed by atoms with Crippen LogP contribution in [0.2, 0.25) is 5.02 Å². The molecule has 1 aliphatic rings. The van der Waals surface area contributed by atoms with Crippen molar-refractivity contribution in [1.29, 1.82) is 0 Å². The van der Waals surface area contributed by atoms with Crippen LogP contribution in [0.25, 0.3) is 0 Å². The van der Waals surface area contributed by atoms with Crippen molar-refractivity contribution >= 4 is 17.5 Å². The summed E-state index contributed by atoms with van der Waals surface area (Å²) in [7, 11) is 2.14. The van der Waals surface area contributed by atoms with Crippen molar-refractivity contribution in [3.8, 4) is 0 Å². The number of nitrogens with one attached hydrogen (secondary N) is 1. The second-order valence-electron chi connectivity index (χ2n) is 5.34. The number of carbonyl (C=O) groups is 1. The molecule has 1 aromatic carbocycles. The van der Waals surface area contributed by atoms with E-state index in [-0.39, 0.29) is 11.9 Å². The number of benzene rings is 1. The lowest BCUT2D eigenvalue weighted by Crippen LogP contribution is -2.48. The third kappa shape index (κ3) is 4.20. The highest BCUT2D eigenvalue weighted by Crippen LogP contribution is 2.23. The van der Waals surface area contributed by atoms with E-state index in [0.717, 1.165) is 31.2 Å². The van der Waals surface area contributed by atoms with Gasteiger partial charge in [0, 0.05) is 44.7 Å². The molecule has 1 aromatic rings. The summed E-state index contributed by atoms with van der Waals surface area (Å²) in [5.74, 6) is 0.0121. The first kappa shape index (κ1) is 15.3. The maximum atomic E-state index is 11.2. The Bertz CT molecular complexity index is 441. The van der Waals surface area contributed by atoms with Gasteiger partial charge in [-0.25, -0.2) is 0 Å². The fraction of sp³-hybridized carbons (Fsp3) is 0.533. The van der Waals surface area contributed by atoms with Crippen LogP contribution < -0.4 is 5.32 Å². The number of hydrogen-bond acceptors (Lipinski definition) is 3. The van der Waals surface area contributed by atoms with E-state index < -0.39 is 0 Å². The molecule has 1 amide bonds. The molecule has 0 aliphatic carbocycles. The van der Waals surface area contributed by atoms with Gasteiger partial charge in [0.15, 0.2) is 0 Å². The molecule has 20 heavy (non-hydrogen) atoms. The summed E-state index contributed by atoms with van der Waals surface area (Å²) in [6.45, 7) is 6.35. The van der Waals surface area contributed by atoms with Crippen LogP contribution in [0.4, 0.5) is 0 Å². The van der Waals surface area contributed by atoms with Crippen molar-refractivity contribution in [1.82, 2.24) is 15.1 Å². The molecule has 1 atom stereocenters. The van der Waals surface area contributed by atoms with Crippen LogP contribution in [-0.2, 0) is 4.79 Å². The van der Waals surface area contributed by atoms with Crippen LogP contribution in [0.3, 0.4) is 0 Å². The molecule has 1 saturated heterocycles. The lowest BCUT2D eigenvalue weighted by atomic mass is 10.0. The molecule has 1 N–H and O–H groups in total. The molecule has 1 aliphatic heterocycles. The smallest absolute Gasteiger partial charge is 0.216 e. The van der Waals surface area contributed by atoms with Gasteiger partial charge < -0.3 is 10.2 Å². The maximum absolute atomic E-state index is 11.2. The number of amides is 1. The molecule has 1 fully saturated rings. The number of piperazine rings is 1. The fourth-order valence-corrected chi connectivity index (χ4v) is 2.64. The number of carbonyl (C=O) groups excluding carboxylic acids is 1. The lowest BCUT2D eigenvalue weighted by Gasteiger charge is -2.38. The minimum absolute atomic E-state index is 0.0121. The molecule has 0 saturated carbocycles. The normalized spacial score (nSPS) is 18.8. The van der Waals surface area contributed by atoms with Crippen LogP contribution in [0, 0.1) is 0 Å². The summed E-state index contributed by atoms with van der Waals surface area (Å²) < 4.78 is 0. The minimum Gasteiger partial charge on any atom is -0.354 e. The fourth-order valence-electron chi connectivity index (χ4n) is 2.52. The highest BCUT2D eigenvalue weighted by atomic mass is 35.5. The van der Waals surface area contributed by atoms with Crippen molar-refractivity contribution in [3.63, 3.8) is 0 Å². The largest absolute Gasteiger partial charge is 0.354 e. The van der Waals surface area contributed by atoms with E-state index in [1.54, 1.807) is 6.92 Å². The average molecular weight is 296 g/mol. The highest BCUT2D eigenvalue weighted by Gasteiger charge is 2.23. The zero-order valence-electron chi connectivity index (χ0n) is 12.1. The van der Waals surface area contributed by atoms with E-state index in [1.807, 2.05) is 24.3 Å². The summed E-state index contributed by atoms with van der Waals surface area (Å²) in [4.78, 5) is 16.0. The molecular formula is C15H22ClN3O. The Morgan fingerprint density at radius 2 is 1.85 bits per heavy atom. The Balaban J connectivity index is 2.11. The van der Waals surface area contributed by atoms with E-state index in [2.05, 4.69) is 22.2 Å². The van der Waals surface area contributed by atoms with Crippen molar-refractivity contribution in [3.05, 3.63) is 34.9 Å². The van der Waals surface area contributed by atoms with E-state index >= 15 is 0 Å². The van der Waals surface area contributed by atoms with Gasteiger partial charge in [-0.15, -0.1) is 0 Å². The zero-order valence-corrected chi connectivity index (χ0v) is 12.9. The Kier molecular flexibility index (Phi) is 5.40. The van der Waals surface area contributed by atoms with E-state index in [9.17, 15) is 4.79 Å². The van der Waals surface area contributed by atoms with Crippen molar-refractivity contribution < 1.29 is 4.79 Å². The van der Waals surface area contributed by atoms with Gasteiger partial charge in [0.05, 0.1) is 6.04 Å². The van der Waals surface area contributed by atoms with E-state index in [4.69, 9.17) is 11.6 Å². The van der Waals surface area contributed by atoms with Crippen molar-refractivity contribution in [2.45, 2.75) is 13.0 Å². The first-order valence-electron chi connectivity index (χ1n) is 6.99. The molecule has 0 aromatic heterocycles. The van der Waals surface area contributed by atoms with Crippen LogP contribution >= 0.6 is 11.6 Å².